The van der Waals surface area contributed by atoms with Gasteiger partial charge in [-0.3, -0.25) is 0 Å². The van der Waals surface area contributed by atoms with Gasteiger partial charge in [0, 0.05) is 12.6 Å². The second-order valence-electron chi connectivity index (χ2n) is 6.48. The summed E-state index contributed by atoms with van der Waals surface area (Å²) < 4.78 is 0. The molecule has 2 nitrogen and oxygen atoms in total. The predicted molar refractivity (Wildman–Crippen MR) is 83.4 cm³/mol. The summed E-state index contributed by atoms with van der Waals surface area (Å²) in [5.41, 5.74) is 0. The van der Waals surface area contributed by atoms with Crippen LogP contribution in [0.5, 0.6) is 0 Å². The van der Waals surface area contributed by atoms with Crippen molar-refractivity contribution >= 4 is 0 Å². The quantitative estimate of drug-likeness (QED) is 0.781. The van der Waals surface area contributed by atoms with Gasteiger partial charge in [-0.1, -0.05) is 64.7 Å². The summed E-state index contributed by atoms with van der Waals surface area (Å²) >= 11 is 0. The summed E-state index contributed by atoms with van der Waals surface area (Å²) in [4.78, 5) is 0. The van der Waals surface area contributed by atoms with Crippen molar-refractivity contribution in [3.05, 3.63) is 0 Å². The lowest BCUT2D eigenvalue weighted by atomic mass is 9.97. The highest BCUT2D eigenvalue weighted by molar-refractivity contribution is 4.70. The van der Waals surface area contributed by atoms with Crippen molar-refractivity contribution in [2.45, 2.75) is 90.0 Å². The fourth-order valence-corrected chi connectivity index (χ4v) is 3.06. The van der Waals surface area contributed by atoms with Gasteiger partial charge in [0.2, 0.25) is 0 Å². The number of aliphatic hydroxyl groups is 1. The molecule has 0 aromatic carbocycles. The normalized spacial score (nSPS) is 22.4. The van der Waals surface area contributed by atoms with Gasteiger partial charge in [-0.15, -0.1) is 0 Å². The van der Waals surface area contributed by atoms with Crippen molar-refractivity contribution < 1.29 is 5.11 Å². The molecule has 0 bridgehead atoms. The van der Waals surface area contributed by atoms with Gasteiger partial charge < -0.3 is 10.4 Å². The molecule has 0 heterocycles. The van der Waals surface area contributed by atoms with Crippen LogP contribution in [0.1, 0.15) is 84.0 Å². The first-order valence-electron chi connectivity index (χ1n) is 8.67. The van der Waals surface area contributed by atoms with E-state index >= 15 is 0 Å². The molecule has 1 aliphatic carbocycles. The van der Waals surface area contributed by atoms with Gasteiger partial charge in [0.1, 0.15) is 0 Å². The molecular formula is C17H35NO. The fourth-order valence-electron chi connectivity index (χ4n) is 3.06. The van der Waals surface area contributed by atoms with E-state index in [2.05, 4.69) is 12.2 Å². The highest BCUT2D eigenvalue weighted by Gasteiger charge is 2.10. The molecule has 0 radical (unpaired) electrons. The predicted octanol–water partition coefficient (Wildman–Crippen LogP) is 4.27. The SMILES string of the molecule is CC(CCO)CNC1CCCCCCCCCCC1. The molecular weight excluding hydrogens is 234 g/mol. The summed E-state index contributed by atoms with van der Waals surface area (Å²) in [5, 5.41) is 12.7. The Hall–Kier alpha value is -0.0800. The van der Waals surface area contributed by atoms with Gasteiger partial charge in [-0.2, -0.15) is 0 Å². The van der Waals surface area contributed by atoms with E-state index in [1.807, 2.05) is 0 Å². The molecule has 1 unspecified atom stereocenters. The first-order chi connectivity index (χ1) is 9.33. The van der Waals surface area contributed by atoms with E-state index in [9.17, 15) is 0 Å². The minimum Gasteiger partial charge on any atom is -0.396 e. The largest absolute Gasteiger partial charge is 0.396 e. The molecule has 114 valence electrons. The zero-order valence-electron chi connectivity index (χ0n) is 13.0. The molecule has 0 spiro atoms. The molecule has 1 fully saturated rings. The molecule has 1 saturated carbocycles. The molecule has 2 N–H and O–H groups in total. The Bertz CT molecular complexity index is 184. The summed E-state index contributed by atoms with van der Waals surface area (Å²) in [6.07, 6.45) is 16.5. The zero-order chi connectivity index (χ0) is 13.8. The van der Waals surface area contributed by atoms with Crippen molar-refractivity contribution in [1.82, 2.24) is 5.32 Å². The van der Waals surface area contributed by atoms with Gasteiger partial charge >= 0.3 is 0 Å². The average molecular weight is 269 g/mol. The van der Waals surface area contributed by atoms with E-state index in [0.29, 0.717) is 12.5 Å². The van der Waals surface area contributed by atoms with Crippen molar-refractivity contribution in [3.63, 3.8) is 0 Å². The minimum absolute atomic E-state index is 0.327. The number of nitrogens with one attached hydrogen (secondary N) is 1. The maximum atomic E-state index is 8.95. The van der Waals surface area contributed by atoms with Crippen LogP contribution < -0.4 is 5.32 Å². The van der Waals surface area contributed by atoms with Gasteiger partial charge in [0.15, 0.2) is 0 Å². The van der Waals surface area contributed by atoms with Crippen LogP contribution in [0, 0.1) is 5.92 Å². The topological polar surface area (TPSA) is 32.3 Å². The lowest BCUT2D eigenvalue weighted by Crippen LogP contribution is -2.33. The highest BCUT2D eigenvalue weighted by Crippen LogP contribution is 2.17. The van der Waals surface area contributed by atoms with Crippen LogP contribution in [0.15, 0.2) is 0 Å². The summed E-state index contributed by atoms with van der Waals surface area (Å²) in [6, 6.07) is 0.723. The zero-order valence-corrected chi connectivity index (χ0v) is 13.0. The summed E-state index contributed by atoms with van der Waals surface area (Å²) in [5.74, 6) is 0.603. The standard InChI is InChI=1S/C17H35NO/c1-16(13-14-19)15-18-17-11-9-7-5-3-2-4-6-8-10-12-17/h16-19H,2-15H2,1H3. The van der Waals surface area contributed by atoms with Gasteiger partial charge in [0.25, 0.3) is 0 Å². The maximum absolute atomic E-state index is 8.95. The van der Waals surface area contributed by atoms with Crippen LogP contribution in [0.25, 0.3) is 0 Å². The maximum Gasteiger partial charge on any atom is 0.0434 e. The second-order valence-corrected chi connectivity index (χ2v) is 6.48. The smallest absolute Gasteiger partial charge is 0.0434 e. The van der Waals surface area contributed by atoms with Crippen molar-refractivity contribution in [3.8, 4) is 0 Å². The molecule has 1 aliphatic rings. The van der Waals surface area contributed by atoms with Gasteiger partial charge in [0.05, 0.1) is 0 Å². The van der Waals surface area contributed by atoms with Crippen LogP contribution >= 0.6 is 0 Å². The summed E-state index contributed by atoms with van der Waals surface area (Å²) in [7, 11) is 0. The summed E-state index contributed by atoms with van der Waals surface area (Å²) in [6.45, 7) is 3.64. The molecule has 1 rings (SSSR count). The minimum atomic E-state index is 0.327. The molecule has 19 heavy (non-hydrogen) atoms. The number of hydrogen-bond donors (Lipinski definition) is 2. The third-order valence-electron chi connectivity index (χ3n) is 4.48. The molecule has 2 heteroatoms. The van der Waals surface area contributed by atoms with Gasteiger partial charge in [-0.05, 0) is 31.7 Å². The van der Waals surface area contributed by atoms with E-state index in [1.54, 1.807) is 0 Å². The van der Waals surface area contributed by atoms with E-state index in [1.165, 1.54) is 70.6 Å². The highest BCUT2D eigenvalue weighted by atomic mass is 16.3. The number of aliphatic hydroxyl groups excluding tert-OH is 1. The van der Waals surface area contributed by atoms with Crippen LogP contribution in [-0.4, -0.2) is 24.3 Å². The van der Waals surface area contributed by atoms with Crippen molar-refractivity contribution in [2.75, 3.05) is 13.2 Å². The van der Waals surface area contributed by atoms with Crippen molar-refractivity contribution in [1.29, 1.82) is 0 Å². The van der Waals surface area contributed by atoms with Crippen LogP contribution in [0.3, 0.4) is 0 Å². The number of hydrogen-bond acceptors (Lipinski definition) is 2. The Kier molecular flexibility index (Phi) is 10.5. The van der Waals surface area contributed by atoms with E-state index in [-0.39, 0.29) is 0 Å². The molecule has 0 aromatic rings. The third-order valence-corrected chi connectivity index (χ3v) is 4.48. The Morgan fingerprint density at radius 2 is 1.37 bits per heavy atom. The number of rotatable bonds is 5. The Balaban J connectivity index is 2.22. The van der Waals surface area contributed by atoms with Crippen LogP contribution in [0.2, 0.25) is 0 Å². The van der Waals surface area contributed by atoms with Crippen LogP contribution in [0.4, 0.5) is 0 Å². The average Bonchev–Trinajstić information content (AvgIpc) is 2.38. The first kappa shape index (κ1) is 17.0. The Morgan fingerprint density at radius 1 is 0.895 bits per heavy atom. The Morgan fingerprint density at radius 3 is 1.84 bits per heavy atom. The van der Waals surface area contributed by atoms with Crippen LogP contribution in [-0.2, 0) is 0 Å². The molecule has 0 saturated heterocycles. The fraction of sp³-hybridized carbons (Fsp3) is 1.00. The van der Waals surface area contributed by atoms with E-state index < -0.39 is 0 Å². The molecule has 1 atom stereocenters. The second kappa shape index (κ2) is 11.7. The van der Waals surface area contributed by atoms with Gasteiger partial charge in [-0.25, -0.2) is 0 Å². The third kappa shape index (κ3) is 9.45. The van der Waals surface area contributed by atoms with Crippen molar-refractivity contribution in [2.24, 2.45) is 5.92 Å². The lowest BCUT2D eigenvalue weighted by molar-refractivity contribution is 0.255. The molecule has 0 aliphatic heterocycles. The molecule has 0 aromatic heterocycles. The first-order valence-corrected chi connectivity index (χ1v) is 8.67. The van der Waals surface area contributed by atoms with E-state index in [4.69, 9.17) is 5.11 Å². The molecule has 0 amide bonds. The monoisotopic (exact) mass is 269 g/mol. The Labute approximate surface area is 120 Å². The van der Waals surface area contributed by atoms with E-state index in [0.717, 1.165) is 19.0 Å². The lowest BCUT2D eigenvalue weighted by Gasteiger charge is -2.21.